The Hall–Kier alpha value is -0.740. The van der Waals surface area contributed by atoms with Crippen LogP contribution in [0.25, 0.3) is 0 Å². The van der Waals surface area contributed by atoms with E-state index in [4.69, 9.17) is 23.2 Å². The van der Waals surface area contributed by atoms with Crippen LogP contribution in [0, 0.1) is 17.5 Å². The van der Waals surface area contributed by atoms with Gasteiger partial charge in [-0.05, 0) is 0 Å². The van der Waals surface area contributed by atoms with Gasteiger partial charge in [0.15, 0.2) is 23.7 Å². The Bertz CT molecular complexity index is 349. The molecule has 0 aliphatic rings. The lowest BCUT2D eigenvalue weighted by molar-refractivity contribution is 0.111. The smallest absolute Gasteiger partial charge is 0.181 e. The highest BCUT2D eigenvalue weighted by Gasteiger charge is 2.22. The van der Waals surface area contributed by atoms with Crippen molar-refractivity contribution in [3.05, 3.63) is 33.1 Å². The molecular formula is C7HCl2F3O. The van der Waals surface area contributed by atoms with E-state index < -0.39 is 33.1 Å². The molecule has 0 saturated carbocycles. The van der Waals surface area contributed by atoms with Crippen LogP contribution in [-0.4, -0.2) is 6.29 Å². The average molecular weight is 229 g/mol. The van der Waals surface area contributed by atoms with Crippen molar-refractivity contribution in [2.45, 2.75) is 0 Å². The third kappa shape index (κ3) is 1.51. The number of carbonyl (C=O) groups excluding carboxylic acids is 1. The van der Waals surface area contributed by atoms with Gasteiger partial charge in [0, 0.05) is 0 Å². The van der Waals surface area contributed by atoms with Gasteiger partial charge in [-0.15, -0.1) is 0 Å². The summed E-state index contributed by atoms with van der Waals surface area (Å²) in [5, 5.41) is -1.99. The van der Waals surface area contributed by atoms with Crippen molar-refractivity contribution in [1.82, 2.24) is 0 Å². The van der Waals surface area contributed by atoms with Crippen LogP contribution in [0.15, 0.2) is 0 Å². The Labute approximate surface area is 81.1 Å². The Morgan fingerprint density at radius 2 is 1.38 bits per heavy atom. The van der Waals surface area contributed by atoms with Crippen LogP contribution in [0.2, 0.25) is 10.0 Å². The van der Waals surface area contributed by atoms with Gasteiger partial charge in [0.2, 0.25) is 0 Å². The number of hydrogen-bond acceptors (Lipinski definition) is 1. The summed E-state index contributed by atoms with van der Waals surface area (Å²) in [6.45, 7) is 0. The van der Waals surface area contributed by atoms with Gasteiger partial charge in [-0.3, -0.25) is 4.79 Å². The highest BCUT2D eigenvalue weighted by molar-refractivity contribution is 6.35. The van der Waals surface area contributed by atoms with Gasteiger partial charge in [0.1, 0.15) is 5.02 Å². The first kappa shape index (κ1) is 10.3. The zero-order chi connectivity index (χ0) is 10.2. The Balaban J connectivity index is 3.66. The normalized spacial score (nSPS) is 10.2. The zero-order valence-electron chi connectivity index (χ0n) is 5.88. The maximum Gasteiger partial charge on any atom is 0.181 e. The molecule has 13 heavy (non-hydrogen) atoms. The summed E-state index contributed by atoms with van der Waals surface area (Å²) in [5.41, 5.74) is -0.787. The van der Waals surface area contributed by atoms with Gasteiger partial charge >= 0.3 is 0 Å². The first-order valence-electron chi connectivity index (χ1n) is 2.97. The number of carbonyl (C=O) groups is 1. The molecule has 1 rings (SSSR count). The van der Waals surface area contributed by atoms with E-state index in [2.05, 4.69) is 0 Å². The number of halogens is 5. The van der Waals surface area contributed by atoms with Crippen LogP contribution in [0.5, 0.6) is 0 Å². The van der Waals surface area contributed by atoms with Gasteiger partial charge in [0.05, 0.1) is 10.6 Å². The topological polar surface area (TPSA) is 17.1 Å². The molecule has 0 unspecified atom stereocenters. The maximum atomic E-state index is 12.8. The van der Waals surface area contributed by atoms with Crippen molar-refractivity contribution >= 4 is 29.5 Å². The van der Waals surface area contributed by atoms with Crippen LogP contribution >= 0.6 is 23.2 Å². The molecule has 1 nitrogen and oxygen atoms in total. The largest absolute Gasteiger partial charge is 0.298 e. The average Bonchev–Trinajstić information content (AvgIpc) is 2.13. The van der Waals surface area contributed by atoms with Gasteiger partial charge in [-0.2, -0.15) is 0 Å². The summed E-state index contributed by atoms with van der Waals surface area (Å²) in [7, 11) is 0. The third-order valence-electron chi connectivity index (χ3n) is 1.36. The van der Waals surface area contributed by atoms with E-state index in [1.165, 1.54) is 0 Å². The minimum absolute atomic E-state index is 0.0356. The molecule has 0 atom stereocenters. The first-order valence-corrected chi connectivity index (χ1v) is 3.73. The number of hydrogen-bond donors (Lipinski definition) is 0. The van der Waals surface area contributed by atoms with E-state index in [0.29, 0.717) is 0 Å². The summed E-state index contributed by atoms with van der Waals surface area (Å²) in [6.07, 6.45) is -0.0356. The van der Waals surface area contributed by atoms with Gasteiger partial charge in [-0.25, -0.2) is 13.2 Å². The SMILES string of the molecule is O=Cc1c(F)c(Cl)c(F)c(F)c1Cl. The number of benzene rings is 1. The molecule has 0 bridgehead atoms. The summed E-state index contributed by atoms with van der Waals surface area (Å²) in [6, 6.07) is 0. The van der Waals surface area contributed by atoms with E-state index in [1.54, 1.807) is 0 Å². The lowest BCUT2D eigenvalue weighted by Crippen LogP contribution is -1.98. The minimum atomic E-state index is -1.60. The van der Waals surface area contributed by atoms with Crippen LogP contribution in [0.1, 0.15) is 10.4 Å². The summed E-state index contributed by atoms with van der Waals surface area (Å²) in [4.78, 5) is 10.2. The standard InChI is InChI=1S/C7HCl2F3O/c8-3-2(1-13)5(10)4(9)7(12)6(3)11/h1H. The minimum Gasteiger partial charge on any atom is -0.298 e. The number of rotatable bonds is 1. The molecule has 0 aliphatic heterocycles. The van der Waals surface area contributed by atoms with E-state index in [9.17, 15) is 18.0 Å². The van der Waals surface area contributed by atoms with Crippen molar-refractivity contribution in [2.24, 2.45) is 0 Å². The van der Waals surface area contributed by atoms with Crippen molar-refractivity contribution in [1.29, 1.82) is 0 Å². The molecule has 0 fully saturated rings. The van der Waals surface area contributed by atoms with Crippen LogP contribution < -0.4 is 0 Å². The molecule has 0 radical (unpaired) electrons. The fourth-order valence-corrected chi connectivity index (χ4v) is 1.12. The van der Waals surface area contributed by atoms with Crippen LogP contribution in [0.4, 0.5) is 13.2 Å². The Morgan fingerprint density at radius 1 is 0.923 bits per heavy atom. The molecule has 0 spiro atoms. The van der Waals surface area contributed by atoms with E-state index in [0.717, 1.165) is 0 Å². The third-order valence-corrected chi connectivity index (χ3v) is 2.06. The van der Waals surface area contributed by atoms with Crippen molar-refractivity contribution in [2.75, 3.05) is 0 Å². The molecular weight excluding hydrogens is 228 g/mol. The molecule has 70 valence electrons. The van der Waals surface area contributed by atoms with E-state index in [-0.39, 0.29) is 6.29 Å². The molecule has 0 N–H and O–H groups in total. The second kappa shape index (κ2) is 3.55. The summed E-state index contributed by atoms with van der Waals surface area (Å²) >= 11 is 10.2. The van der Waals surface area contributed by atoms with Gasteiger partial charge in [-0.1, -0.05) is 23.2 Å². The second-order valence-electron chi connectivity index (χ2n) is 2.10. The highest BCUT2D eigenvalue weighted by atomic mass is 35.5. The van der Waals surface area contributed by atoms with Crippen molar-refractivity contribution < 1.29 is 18.0 Å². The second-order valence-corrected chi connectivity index (χ2v) is 2.86. The first-order chi connectivity index (χ1) is 6.00. The molecule has 0 aromatic heterocycles. The fraction of sp³-hybridized carbons (Fsp3) is 0. The highest BCUT2D eigenvalue weighted by Crippen LogP contribution is 2.30. The summed E-state index contributed by atoms with van der Waals surface area (Å²) < 4.78 is 38.2. The van der Waals surface area contributed by atoms with Gasteiger partial charge in [0.25, 0.3) is 0 Å². The number of aldehydes is 1. The summed E-state index contributed by atoms with van der Waals surface area (Å²) in [5.74, 6) is -4.49. The van der Waals surface area contributed by atoms with Crippen LogP contribution in [0.3, 0.4) is 0 Å². The van der Waals surface area contributed by atoms with Crippen LogP contribution in [-0.2, 0) is 0 Å². The van der Waals surface area contributed by atoms with E-state index >= 15 is 0 Å². The molecule has 6 heteroatoms. The van der Waals surface area contributed by atoms with Crippen molar-refractivity contribution in [3.63, 3.8) is 0 Å². The van der Waals surface area contributed by atoms with Crippen molar-refractivity contribution in [3.8, 4) is 0 Å². The Morgan fingerprint density at radius 3 is 1.85 bits per heavy atom. The predicted octanol–water partition coefficient (Wildman–Crippen LogP) is 3.22. The molecule has 0 saturated heterocycles. The zero-order valence-corrected chi connectivity index (χ0v) is 7.39. The van der Waals surface area contributed by atoms with Gasteiger partial charge < -0.3 is 0 Å². The van der Waals surface area contributed by atoms with E-state index in [1.807, 2.05) is 0 Å². The molecule has 1 aromatic carbocycles. The lowest BCUT2D eigenvalue weighted by atomic mass is 10.2. The fourth-order valence-electron chi connectivity index (χ4n) is 0.725. The quantitative estimate of drug-likeness (QED) is 0.410. The predicted molar refractivity (Wildman–Crippen MR) is 41.7 cm³/mol. The monoisotopic (exact) mass is 228 g/mol. The molecule has 0 amide bonds. The molecule has 0 heterocycles. The molecule has 1 aromatic rings. The Kier molecular flexibility index (Phi) is 2.83. The maximum absolute atomic E-state index is 12.8. The molecule has 0 aliphatic carbocycles. The lowest BCUT2D eigenvalue weighted by Gasteiger charge is -2.03.